The molecule has 1 N–H and O–H groups in total. The molecule has 1 aromatic carbocycles. The van der Waals surface area contributed by atoms with Gasteiger partial charge in [-0.1, -0.05) is 0 Å². The molecule has 114 valence electrons. The number of fused-ring (bicyclic) bond motifs is 1. The van der Waals surface area contributed by atoms with Crippen molar-refractivity contribution in [3.8, 4) is 5.75 Å². The van der Waals surface area contributed by atoms with Gasteiger partial charge in [-0.2, -0.15) is 0 Å². The van der Waals surface area contributed by atoms with E-state index in [2.05, 4.69) is 10.3 Å². The largest absolute Gasteiger partial charge is 0.491 e. The van der Waals surface area contributed by atoms with Gasteiger partial charge in [-0.3, -0.25) is 4.79 Å². The van der Waals surface area contributed by atoms with Crippen LogP contribution < -0.4 is 10.1 Å². The van der Waals surface area contributed by atoms with Crippen molar-refractivity contribution >= 4 is 33.3 Å². The summed E-state index contributed by atoms with van der Waals surface area (Å²) in [5, 5.41) is 2.89. The van der Waals surface area contributed by atoms with Crippen LogP contribution in [0.4, 0.5) is 5.69 Å². The zero-order chi connectivity index (χ0) is 15.7. The monoisotopic (exact) mass is 315 g/mol. The molecule has 2 heterocycles. The van der Waals surface area contributed by atoms with E-state index in [1.165, 1.54) is 11.3 Å². The molecule has 0 atom stereocenters. The van der Waals surface area contributed by atoms with Gasteiger partial charge in [-0.15, -0.1) is 11.3 Å². The van der Waals surface area contributed by atoms with Gasteiger partial charge >= 0.3 is 0 Å². The highest BCUT2D eigenvalue weighted by molar-refractivity contribution is 7.16. The van der Waals surface area contributed by atoms with E-state index in [1.807, 2.05) is 51.2 Å². The normalized spacial score (nSPS) is 11.1. The standard InChI is InChI=1S/C16H17N3O2S/c1-10(2)21-12-6-4-11(5-7-12)18-16(20)13-8-14-15(19(13)3)17-9-22-14/h4-10H,1-3H3,(H,18,20). The van der Waals surface area contributed by atoms with E-state index in [-0.39, 0.29) is 12.0 Å². The number of rotatable bonds is 4. The Bertz CT molecular complexity index is 803. The van der Waals surface area contributed by atoms with Gasteiger partial charge < -0.3 is 14.6 Å². The Labute approximate surface area is 132 Å². The average Bonchev–Trinajstić information content (AvgIpc) is 3.04. The number of aromatic nitrogens is 2. The van der Waals surface area contributed by atoms with Gasteiger partial charge in [-0.25, -0.2) is 4.98 Å². The van der Waals surface area contributed by atoms with Crippen LogP contribution in [0.15, 0.2) is 35.8 Å². The number of amides is 1. The molecular weight excluding hydrogens is 298 g/mol. The zero-order valence-corrected chi connectivity index (χ0v) is 13.5. The summed E-state index contributed by atoms with van der Waals surface area (Å²) in [6, 6.07) is 9.22. The third kappa shape index (κ3) is 2.82. The minimum atomic E-state index is -0.148. The Morgan fingerprint density at radius 2 is 2.05 bits per heavy atom. The van der Waals surface area contributed by atoms with Crippen molar-refractivity contribution in [1.82, 2.24) is 9.55 Å². The Morgan fingerprint density at radius 3 is 2.68 bits per heavy atom. The number of ether oxygens (including phenoxy) is 1. The van der Waals surface area contributed by atoms with Crippen molar-refractivity contribution < 1.29 is 9.53 Å². The van der Waals surface area contributed by atoms with Gasteiger partial charge in [0.1, 0.15) is 11.4 Å². The summed E-state index contributed by atoms with van der Waals surface area (Å²) in [5.41, 5.74) is 3.94. The van der Waals surface area contributed by atoms with E-state index in [0.717, 1.165) is 21.8 Å². The number of carbonyl (C=O) groups excluding carboxylic acids is 1. The topological polar surface area (TPSA) is 56.1 Å². The van der Waals surface area contributed by atoms with Crippen molar-refractivity contribution in [3.05, 3.63) is 41.5 Å². The molecule has 0 unspecified atom stereocenters. The van der Waals surface area contributed by atoms with E-state index in [4.69, 9.17) is 4.74 Å². The molecule has 0 bridgehead atoms. The van der Waals surface area contributed by atoms with E-state index in [1.54, 1.807) is 10.1 Å². The quantitative estimate of drug-likeness (QED) is 0.799. The summed E-state index contributed by atoms with van der Waals surface area (Å²) in [4.78, 5) is 16.6. The summed E-state index contributed by atoms with van der Waals surface area (Å²) >= 11 is 1.53. The van der Waals surface area contributed by atoms with Gasteiger partial charge in [0.2, 0.25) is 0 Å². The molecular formula is C16H17N3O2S. The van der Waals surface area contributed by atoms with E-state index < -0.39 is 0 Å². The molecule has 6 heteroatoms. The molecule has 0 saturated carbocycles. The van der Waals surface area contributed by atoms with Crippen LogP contribution in [0.3, 0.4) is 0 Å². The number of nitrogens with zero attached hydrogens (tertiary/aromatic N) is 2. The first kappa shape index (κ1) is 14.6. The van der Waals surface area contributed by atoms with E-state index in [9.17, 15) is 4.79 Å². The summed E-state index contributed by atoms with van der Waals surface area (Å²) in [6.45, 7) is 3.95. The van der Waals surface area contributed by atoms with Crippen LogP contribution in [0.25, 0.3) is 10.3 Å². The average molecular weight is 315 g/mol. The SMILES string of the molecule is CC(C)Oc1ccc(NC(=O)c2cc3scnc3n2C)cc1. The lowest BCUT2D eigenvalue weighted by Gasteiger charge is -2.11. The number of aryl methyl sites for hydroxylation is 1. The number of carbonyl (C=O) groups is 1. The Morgan fingerprint density at radius 1 is 1.32 bits per heavy atom. The molecule has 2 aromatic heterocycles. The van der Waals surface area contributed by atoms with Crippen molar-refractivity contribution in [1.29, 1.82) is 0 Å². The predicted molar refractivity (Wildman–Crippen MR) is 88.8 cm³/mol. The predicted octanol–water partition coefficient (Wildman–Crippen LogP) is 3.67. The van der Waals surface area contributed by atoms with Crippen molar-refractivity contribution in [3.63, 3.8) is 0 Å². The fourth-order valence-corrected chi connectivity index (χ4v) is 2.98. The van der Waals surface area contributed by atoms with Crippen LogP contribution in [0.2, 0.25) is 0 Å². The van der Waals surface area contributed by atoms with Crippen LogP contribution >= 0.6 is 11.3 Å². The minimum Gasteiger partial charge on any atom is -0.491 e. The number of nitrogens with one attached hydrogen (secondary N) is 1. The molecule has 0 aliphatic heterocycles. The molecule has 22 heavy (non-hydrogen) atoms. The molecule has 0 fully saturated rings. The van der Waals surface area contributed by atoms with Crippen LogP contribution in [0.5, 0.6) is 5.75 Å². The number of benzene rings is 1. The summed E-state index contributed by atoms with van der Waals surface area (Å²) in [6.07, 6.45) is 0.129. The van der Waals surface area contributed by atoms with Crippen molar-refractivity contribution in [2.75, 3.05) is 5.32 Å². The fraction of sp³-hybridized carbons (Fsp3) is 0.250. The molecule has 0 spiro atoms. The maximum absolute atomic E-state index is 12.4. The third-order valence-corrected chi connectivity index (χ3v) is 4.00. The second kappa shape index (κ2) is 5.81. The Kier molecular flexibility index (Phi) is 3.85. The van der Waals surface area contributed by atoms with Gasteiger partial charge in [0.25, 0.3) is 5.91 Å². The molecule has 5 nitrogen and oxygen atoms in total. The smallest absolute Gasteiger partial charge is 0.272 e. The first-order valence-electron chi connectivity index (χ1n) is 7.01. The van der Waals surface area contributed by atoms with Crippen LogP contribution in [-0.4, -0.2) is 21.6 Å². The third-order valence-electron chi connectivity index (χ3n) is 3.24. The molecule has 1 amide bonds. The van der Waals surface area contributed by atoms with Crippen molar-refractivity contribution in [2.45, 2.75) is 20.0 Å². The van der Waals surface area contributed by atoms with Gasteiger partial charge in [0, 0.05) is 12.7 Å². The van der Waals surface area contributed by atoms with Gasteiger partial charge in [-0.05, 0) is 44.2 Å². The highest BCUT2D eigenvalue weighted by Gasteiger charge is 2.15. The Balaban J connectivity index is 1.76. The highest BCUT2D eigenvalue weighted by atomic mass is 32.1. The number of hydrogen-bond donors (Lipinski definition) is 1. The van der Waals surface area contributed by atoms with Crippen LogP contribution in [-0.2, 0) is 7.05 Å². The van der Waals surface area contributed by atoms with Gasteiger partial charge in [0.05, 0.1) is 16.3 Å². The molecule has 0 radical (unpaired) electrons. The molecule has 3 aromatic rings. The number of hydrogen-bond acceptors (Lipinski definition) is 4. The second-order valence-corrected chi connectivity index (χ2v) is 6.16. The second-order valence-electron chi connectivity index (χ2n) is 5.27. The first-order valence-corrected chi connectivity index (χ1v) is 7.89. The van der Waals surface area contributed by atoms with Crippen LogP contribution in [0.1, 0.15) is 24.3 Å². The maximum Gasteiger partial charge on any atom is 0.272 e. The fourth-order valence-electron chi connectivity index (χ4n) is 2.24. The molecule has 3 rings (SSSR count). The minimum absolute atomic E-state index is 0.129. The highest BCUT2D eigenvalue weighted by Crippen LogP contribution is 2.23. The van der Waals surface area contributed by atoms with Gasteiger partial charge in [0.15, 0.2) is 5.65 Å². The molecule has 0 aliphatic carbocycles. The maximum atomic E-state index is 12.4. The summed E-state index contributed by atoms with van der Waals surface area (Å²) in [7, 11) is 1.84. The van der Waals surface area contributed by atoms with Crippen LogP contribution in [0, 0.1) is 0 Å². The molecule has 0 saturated heterocycles. The summed E-state index contributed by atoms with van der Waals surface area (Å²) in [5.74, 6) is 0.641. The van der Waals surface area contributed by atoms with E-state index >= 15 is 0 Å². The number of anilines is 1. The number of thiazole rings is 1. The lowest BCUT2D eigenvalue weighted by atomic mass is 10.3. The molecule has 0 aliphatic rings. The summed E-state index contributed by atoms with van der Waals surface area (Å²) < 4.78 is 8.39. The van der Waals surface area contributed by atoms with E-state index in [0.29, 0.717) is 5.69 Å². The van der Waals surface area contributed by atoms with Crippen molar-refractivity contribution in [2.24, 2.45) is 7.05 Å². The Hall–Kier alpha value is -2.34. The lowest BCUT2D eigenvalue weighted by molar-refractivity contribution is 0.101. The first-order chi connectivity index (χ1) is 10.5. The zero-order valence-electron chi connectivity index (χ0n) is 12.7. The lowest BCUT2D eigenvalue weighted by Crippen LogP contribution is -2.15.